The van der Waals surface area contributed by atoms with E-state index in [1.54, 1.807) is 12.4 Å². The zero-order valence-electron chi connectivity index (χ0n) is 11.4. The van der Waals surface area contributed by atoms with E-state index in [1.807, 2.05) is 13.8 Å². The smallest absolute Gasteiger partial charge is 0.246 e. The first-order valence-electron chi connectivity index (χ1n) is 6.32. The molecule has 0 aliphatic carbocycles. The number of hydrogen-bond acceptors (Lipinski definition) is 5. The van der Waals surface area contributed by atoms with Gasteiger partial charge in [-0.25, -0.2) is 18.1 Å². The Labute approximate surface area is 117 Å². The molecule has 2 rings (SSSR count). The Morgan fingerprint density at radius 1 is 1.50 bits per heavy atom. The first-order chi connectivity index (χ1) is 9.47. The molecular formula is C11H18N6O2S. The molecule has 2 aromatic rings. The number of nitrogens with two attached hydrogens (primary N) is 1. The van der Waals surface area contributed by atoms with Crippen LogP contribution in [-0.2, 0) is 16.6 Å². The summed E-state index contributed by atoms with van der Waals surface area (Å²) in [6.07, 6.45) is 5.21. The molecule has 0 aliphatic rings. The van der Waals surface area contributed by atoms with Crippen LogP contribution >= 0.6 is 0 Å². The van der Waals surface area contributed by atoms with Crippen LogP contribution in [0.1, 0.15) is 32.1 Å². The molecule has 0 amide bonds. The zero-order chi connectivity index (χ0) is 14.8. The average Bonchev–Trinajstić information content (AvgIpc) is 3.05. The monoisotopic (exact) mass is 298 g/mol. The molecule has 0 radical (unpaired) electrons. The fourth-order valence-corrected chi connectivity index (χ4v) is 3.19. The average molecular weight is 298 g/mol. The molecule has 20 heavy (non-hydrogen) atoms. The Bertz CT molecular complexity index is 661. The summed E-state index contributed by atoms with van der Waals surface area (Å²) < 4.78 is 28.8. The number of nitrogens with zero attached hydrogens (tertiary/aromatic N) is 3. The van der Waals surface area contributed by atoms with Crippen molar-refractivity contribution in [1.29, 1.82) is 0 Å². The molecule has 2 aromatic heterocycles. The highest BCUT2D eigenvalue weighted by Gasteiger charge is 2.25. The molecule has 0 aliphatic heterocycles. The lowest BCUT2D eigenvalue weighted by atomic mass is 10.2. The van der Waals surface area contributed by atoms with Crippen LogP contribution in [0.2, 0.25) is 0 Å². The summed E-state index contributed by atoms with van der Waals surface area (Å²) in [5.41, 5.74) is 5.66. The van der Waals surface area contributed by atoms with Gasteiger partial charge in [-0.3, -0.25) is 4.68 Å². The van der Waals surface area contributed by atoms with Crippen LogP contribution in [0.4, 0.5) is 5.82 Å². The topological polar surface area (TPSA) is 119 Å². The van der Waals surface area contributed by atoms with E-state index in [2.05, 4.69) is 19.8 Å². The van der Waals surface area contributed by atoms with Crippen molar-refractivity contribution in [3.05, 3.63) is 24.4 Å². The minimum Gasteiger partial charge on any atom is -0.381 e. The van der Waals surface area contributed by atoms with Crippen molar-refractivity contribution >= 4 is 15.8 Å². The van der Waals surface area contributed by atoms with Gasteiger partial charge < -0.3 is 10.7 Å². The van der Waals surface area contributed by atoms with E-state index in [-0.39, 0.29) is 10.7 Å². The minimum atomic E-state index is -3.74. The molecule has 1 atom stereocenters. The van der Waals surface area contributed by atoms with Crippen LogP contribution in [-0.4, -0.2) is 28.2 Å². The van der Waals surface area contributed by atoms with Gasteiger partial charge in [0.1, 0.15) is 10.7 Å². The number of imidazole rings is 1. The van der Waals surface area contributed by atoms with Crippen molar-refractivity contribution in [3.63, 3.8) is 0 Å². The highest BCUT2D eigenvalue weighted by molar-refractivity contribution is 7.89. The van der Waals surface area contributed by atoms with Crippen molar-refractivity contribution in [1.82, 2.24) is 24.5 Å². The number of sulfonamides is 1. The van der Waals surface area contributed by atoms with Gasteiger partial charge in [0.25, 0.3) is 0 Å². The molecule has 1 unspecified atom stereocenters. The zero-order valence-corrected chi connectivity index (χ0v) is 12.2. The van der Waals surface area contributed by atoms with Crippen LogP contribution in [0, 0.1) is 0 Å². The number of aromatic amines is 1. The summed E-state index contributed by atoms with van der Waals surface area (Å²) >= 11 is 0. The van der Waals surface area contributed by atoms with Gasteiger partial charge in [0, 0.05) is 25.1 Å². The normalized spacial score (nSPS) is 13.5. The fourth-order valence-electron chi connectivity index (χ4n) is 1.84. The number of nitrogens with one attached hydrogen (secondary N) is 2. The van der Waals surface area contributed by atoms with Crippen LogP contribution in [0.15, 0.2) is 23.5 Å². The lowest BCUT2D eigenvalue weighted by molar-refractivity contribution is 0.539. The molecule has 0 saturated carbocycles. The van der Waals surface area contributed by atoms with Crippen LogP contribution in [0.25, 0.3) is 0 Å². The summed E-state index contributed by atoms with van der Waals surface area (Å²) in [5, 5.41) is 3.94. The summed E-state index contributed by atoms with van der Waals surface area (Å²) in [6.45, 7) is 4.28. The summed E-state index contributed by atoms with van der Waals surface area (Å²) in [5.74, 6) is 0.561. The Morgan fingerprint density at radius 2 is 2.25 bits per heavy atom. The number of anilines is 1. The lowest BCUT2D eigenvalue weighted by Crippen LogP contribution is -2.29. The Kier molecular flexibility index (Phi) is 4.09. The maximum Gasteiger partial charge on any atom is 0.246 e. The maximum absolute atomic E-state index is 12.4. The van der Waals surface area contributed by atoms with Gasteiger partial charge in [0.15, 0.2) is 5.82 Å². The molecule has 4 N–H and O–H groups in total. The van der Waals surface area contributed by atoms with E-state index in [1.165, 1.54) is 10.9 Å². The van der Waals surface area contributed by atoms with E-state index in [0.717, 1.165) is 0 Å². The number of H-pyrrole nitrogens is 1. The molecule has 0 spiro atoms. The second kappa shape index (κ2) is 5.63. The number of aromatic nitrogens is 4. The van der Waals surface area contributed by atoms with Gasteiger partial charge in [-0.1, -0.05) is 6.92 Å². The van der Waals surface area contributed by atoms with Crippen molar-refractivity contribution in [3.8, 4) is 0 Å². The number of hydrogen-bond donors (Lipinski definition) is 3. The summed E-state index contributed by atoms with van der Waals surface area (Å²) in [6, 6.07) is -0.431. The van der Waals surface area contributed by atoms with E-state index >= 15 is 0 Å². The molecule has 110 valence electrons. The first-order valence-corrected chi connectivity index (χ1v) is 7.80. The second-order valence-corrected chi connectivity index (χ2v) is 5.97. The Hall–Kier alpha value is -1.87. The van der Waals surface area contributed by atoms with E-state index in [9.17, 15) is 8.42 Å². The lowest BCUT2D eigenvalue weighted by Gasteiger charge is -2.14. The van der Waals surface area contributed by atoms with E-state index in [4.69, 9.17) is 5.73 Å². The fraction of sp³-hybridized carbons (Fsp3) is 0.455. The predicted molar refractivity (Wildman–Crippen MR) is 74.3 cm³/mol. The molecule has 0 saturated heterocycles. The van der Waals surface area contributed by atoms with Gasteiger partial charge >= 0.3 is 0 Å². The highest BCUT2D eigenvalue weighted by Crippen LogP contribution is 2.20. The van der Waals surface area contributed by atoms with Crippen LogP contribution < -0.4 is 10.5 Å². The van der Waals surface area contributed by atoms with Gasteiger partial charge in [-0.15, -0.1) is 0 Å². The largest absolute Gasteiger partial charge is 0.381 e. The maximum atomic E-state index is 12.4. The van der Waals surface area contributed by atoms with Crippen LogP contribution in [0.3, 0.4) is 0 Å². The van der Waals surface area contributed by atoms with Crippen molar-refractivity contribution in [2.45, 2.75) is 37.8 Å². The van der Waals surface area contributed by atoms with Gasteiger partial charge in [-0.05, 0) is 13.3 Å². The van der Waals surface area contributed by atoms with Gasteiger partial charge in [0.05, 0.1) is 6.04 Å². The summed E-state index contributed by atoms with van der Waals surface area (Å²) in [4.78, 5) is 6.97. The van der Waals surface area contributed by atoms with Gasteiger partial charge in [-0.2, -0.15) is 5.10 Å². The Morgan fingerprint density at radius 3 is 2.75 bits per heavy atom. The number of rotatable bonds is 6. The van der Waals surface area contributed by atoms with Crippen molar-refractivity contribution < 1.29 is 8.42 Å². The van der Waals surface area contributed by atoms with Crippen molar-refractivity contribution in [2.24, 2.45) is 0 Å². The minimum absolute atomic E-state index is 0.00588. The number of nitrogen functional groups attached to an aromatic ring is 1. The molecule has 8 nitrogen and oxygen atoms in total. The molecule has 0 fully saturated rings. The SMILES string of the molecule is CCC(NS(=O)(=O)c1cn(CC)nc1N)c1ncc[nH]1. The standard InChI is InChI=1S/C11H18N6O2S/c1-3-8(11-13-5-6-14-11)16-20(18,19)9-7-17(4-2)15-10(9)12/h5-8,16H,3-4H2,1-2H3,(H2,12,15)(H,13,14). The van der Waals surface area contributed by atoms with Crippen molar-refractivity contribution in [2.75, 3.05) is 5.73 Å². The molecular weight excluding hydrogens is 280 g/mol. The van der Waals surface area contributed by atoms with E-state index in [0.29, 0.717) is 18.8 Å². The molecule has 9 heteroatoms. The molecule has 2 heterocycles. The first kappa shape index (κ1) is 14.5. The van der Waals surface area contributed by atoms with E-state index < -0.39 is 16.1 Å². The number of aryl methyl sites for hydroxylation is 1. The molecule has 0 aromatic carbocycles. The second-order valence-electron chi connectivity index (χ2n) is 4.29. The third-order valence-corrected chi connectivity index (χ3v) is 4.41. The summed E-state index contributed by atoms with van der Waals surface area (Å²) in [7, 11) is -3.74. The predicted octanol–water partition coefficient (Wildman–Crippen LogP) is 0.638. The molecule has 0 bridgehead atoms. The third kappa shape index (κ3) is 2.83. The van der Waals surface area contributed by atoms with Crippen LogP contribution in [0.5, 0.6) is 0 Å². The quantitative estimate of drug-likeness (QED) is 0.723. The van der Waals surface area contributed by atoms with Gasteiger partial charge in [0.2, 0.25) is 10.0 Å². The third-order valence-electron chi connectivity index (χ3n) is 2.92. The highest BCUT2D eigenvalue weighted by atomic mass is 32.2. The Balaban J connectivity index is 2.28.